The van der Waals surface area contributed by atoms with Crippen molar-refractivity contribution in [1.82, 2.24) is 5.32 Å². The van der Waals surface area contributed by atoms with Gasteiger partial charge in [0, 0.05) is 13.6 Å². The van der Waals surface area contributed by atoms with Gasteiger partial charge in [-0.1, -0.05) is 12.1 Å². The fraction of sp³-hybridized carbons (Fsp3) is 0.467. The largest absolute Gasteiger partial charge is 0.316 e. The summed E-state index contributed by atoms with van der Waals surface area (Å²) in [6, 6.07) is 9.35. The second kappa shape index (κ2) is 5.41. The molecule has 0 radical (unpaired) electrons. The van der Waals surface area contributed by atoms with Crippen LogP contribution >= 0.6 is 0 Å². The summed E-state index contributed by atoms with van der Waals surface area (Å²) < 4.78 is 0. The van der Waals surface area contributed by atoms with Gasteiger partial charge in [-0.3, -0.25) is 4.79 Å². The van der Waals surface area contributed by atoms with E-state index in [2.05, 4.69) is 11.4 Å². The molecule has 1 aromatic carbocycles. The van der Waals surface area contributed by atoms with Gasteiger partial charge in [-0.25, -0.2) is 0 Å². The number of amides is 1. The van der Waals surface area contributed by atoms with Crippen molar-refractivity contribution in [3.63, 3.8) is 0 Å². The molecule has 1 heterocycles. The second-order valence-corrected chi connectivity index (χ2v) is 5.33. The highest BCUT2D eigenvalue weighted by Crippen LogP contribution is 2.30. The van der Waals surface area contributed by atoms with Gasteiger partial charge in [-0.05, 0) is 38.4 Å². The quantitative estimate of drug-likeness (QED) is 0.880. The van der Waals surface area contributed by atoms with Gasteiger partial charge < -0.3 is 10.2 Å². The van der Waals surface area contributed by atoms with Crippen LogP contribution in [-0.2, 0) is 4.79 Å². The standard InChI is InChI=1S/C15H19N3O/c1-15(8-5-9-17-11-15)14(19)18(2)13-7-4-3-6-12(13)10-16/h3-4,6-7,17H,5,8-9,11H2,1-2H3. The molecule has 0 aromatic heterocycles. The molecular formula is C15H19N3O. The highest BCUT2D eigenvalue weighted by atomic mass is 16.2. The zero-order valence-corrected chi connectivity index (χ0v) is 11.4. The van der Waals surface area contributed by atoms with Crippen LogP contribution in [0.3, 0.4) is 0 Å². The van der Waals surface area contributed by atoms with E-state index in [9.17, 15) is 4.79 Å². The van der Waals surface area contributed by atoms with Crippen LogP contribution in [0.2, 0.25) is 0 Å². The third-order valence-corrected chi connectivity index (χ3v) is 3.80. The molecule has 1 aliphatic heterocycles. The van der Waals surface area contributed by atoms with Gasteiger partial charge in [0.05, 0.1) is 16.7 Å². The third kappa shape index (κ3) is 2.61. The first-order chi connectivity index (χ1) is 9.08. The van der Waals surface area contributed by atoms with E-state index in [0.29, 0.717) is 17.8 Å². The van der Waals surface area contributed by atoms with Crippen molar-refractivity contribution < 1.29 is 4.79 Å². The lowest BCUT2D eigenvalue weighted by Gasteiger charge is -2.36. The number of rotatable bonds is 2. The summed E-state index contributed by atoms with van der Waals surface area (Å²) in [6.45, 7) is 3.67. The number of hydrogen-bond donors (Lipinski definition) is 1. The van der Waals surface area contributed by atoms with Crippen LogP contribution in [0.5, 0.6) is 0 Å². The fourth-order valence-corrected chi connectivity index (χ4v) is 2.61. The van der Waals surface area contributed by atoms with E-state index in [0.717, 1.165) is 19.4 Å². The lowest BCUT2D eigenvalue weighted by atomic mass is 9.81. The fourth-order valence-electron chi connectivity index (χ4n) is 2.61. The van der Waals surface area contributed by atoms with Gasteiger partial charge >= 0.3 is 0 Å². The number of nitriles is 1. The number of nitrogens with zero attached hydrogens (tertiary/aromatic N) is 2. The van der Waals surface area contributed by atoms with Crippen LogP contribution in [0.15, 0.2) is 24.3 Å². The summed E-state index contributed by atoms with van der Waals surface area (Å²) in [5.41, 5.74) is 0.836. The molecule has 1 unspecified atom stereocenters. The summed E-state index contributed by atoms with van der Waals surface area (Å²) in [5, 5.41) is 12.4. The molecule has 1 amide bonds. The topological polar surface area (TPSA) is 56.1 Å². The molecule has 0 bridgehead atoms. The van der Waals surface area contributed by atoms with Gasteiger partial charge in [-0.2, -0.15) is 5.26 Å². The Bertz CT molecular complexity index is 512. The molecule has 100 valence electrons. The molecule has 0 saturated carbocycles. The zero-order chi connectivity index (χ0) is 13.9. The Morgan fingerprint density at radius 2 is 2.21 bits per heavy atom. The maximum absolute atomic E-state index is 12.7. The second-order valence-electron chi connectivity index (χ2n) is 5.33. The first-order valence-corrected chi connectivity index (χ1v) is 6.56. The monoisotopic (exact) mass is 257 g/mol. The van der Waals surface area contributed by atoms with E-state index in [1.165, 1.54) is 0 Å². The number of carbonyl (C=O) groups is 1. The summed E-state index contributed by atoms with van der Waals surface area (Å²) in [4.78, 5) is 14.3. The summed E-state index contributed by atoms with van der Waals surface area (Å²) in [5.74, 6) is 0.0717. The summed E-state index contributed by atoms with van der Waals surface area (Å²) >= 11 is 0. The summed E-state index contributed by atoms with van der Waals surface area (Å²) in [7, 11) is 1.75. The van der Waals surface area contributed by atoms with E-state index in [4.69, 9.17) is 5.26 Å². The smallest absolute Gasteiger partial charge is 0.233 e. The Morgan fingerprint density at radius 1 is 1.47 bits per heavy atom. The summed E-state index contributed by atoms with van der Waals surface area (Å²) in [6.07, 6.45) is 1.90. The highest BCUT2D eigenvalue weighted by molar-refractivity contribution is 5.98. The molecule has 0 aliphatic carbocycles. The van der Waals surface area contributed by atoms with Crippen molar-refractivity contribution in [2.75, 3.05) is 25.0 Å². The van der Waals surface area contributed by atoms with Crippen molar-refractivity contribution >= 4 is 11.6 Å². The van der Waals surface area contributed by atoms with Crippen LogP contribution in [0.4, 0.5) is 5.69 Å². The van der Waals surface area contributed by atoms with E-state index < -0.39 is 0 Å². The number of anilines is 1. The molecule has 2 rings (SSSR count). The molecule has 1 N–H and O–H groups in total. The molecule has 4 heteroatoms. The maximum atomic E-state index is 12.7. The lowest BCUT2D eigenvalue weighted by molar-refractivity contribution is -0.128. The van der Waals surface area contributed by atoms with Crippen molar-refractivity contribution in [3.8, 4) is 6.07 Å². The Morgan fingerprint density at radius 3 is 2.84 bits per heavy atom. The van der Waals surface area contributed by atoms with Gasteiger partial charge in [0.1, 0.15) is 6.07 Å². The first-order valence-electron chi connectivity index (χ1n) is 6.56. The van der Waals surface area contributed by atoms with Crippen molar-refractivity contribution in [1.29, 1.82) is 5.26 Å². The number of piperidine rings is 1. The Labute approximate surface area is 114 Å². The van der Waals surface area contributed by atoms with Crippen LogP contribution in [0.25, 0.3) is 0 Å². The average molecular weight is 257 g/mol. The zero-order valence-electron chi connectivity index (χ0n) is 11.4. The number of nitrogens with one attached hydrogen (secondary N) is 1. The number of carbonyl (C=O) groups excluding carboxylic acids is 1. The predicted molar refractivity (Wildman–Crippen MR) is 74.8 cm³/mol. The van der Waals surface area contributed by atoms with E-state index in [1.807, 2.05) is 25.1 Å². The molecule has 1 atom stereocenters. The van der Waals surface area contributed by atoms with Crippen LogP contribution < -0.4 is 10.2 Å². The van der Waals surface area contributed by atoms with Crippen LogP contribution in [-0.4, -0.2) is 26.0 Å². The van der Waals surface area contributed by atoms with Gasteiger partial charge in [0.2, 0.25) is 5.91 Å². The van der Waals surface area contributed by atoms with Crippen LogP contribution in [0.1, 0.15) is 25.3 Å². The molecule has 4 nitrogen and oxygen atoms in total. The molecule has 0 spiro atoms. The SMILES string of the molecule is CN(C(=O)C1(C)CCCNC1)c1ccccc1C#N. The van der Waals surface area contributed by atoms with Gasteiger partial charge in [-0.15, -0.1) is 0 Å². The minimum absolute atomic E-state index is 0.0717. The average Bonchev–Trinajstić information content (AvgIpc) is 2.46. The number of benzene rings is 1. The molecule has 1 fully saturated rings. The normalized spacial score (nSPS) is 22.6. The Kier molecular flexibility index (Phi) is 3.87. The minimum Gasteiger partial charge on any atom is -0.316 e. The lowest BCUT2D eigenvalue weighted by Crippen LogP contribution is -2.49. The van der Waals surface area contributed by atoms with Gasteiger partial charge in [0.15, 0.2) is 0 Å². The van der Waals surface area contributed by atoms with E-state index >= 15 is 0 Å². The Balaban J connectivity index is 2.26. The molecule has 1 aromatic rings. The Hall–Kier alpha value is -1.86. The predicted octanol–water partition coefficient (Wildman–Crippen LogP) is 1.91. The molecular weight excluding hydrogens is 238 g/mol. The highest BCUT2D eigenvalue weighted by Gasteiger charge is 2.37. The number of hydrogen-bond acceptors (Lipinski definition) is 3. The maximum Gasteiger partial charge on any atom is 0.233 e. The molecule has 1 aliphatic rings. The van der Waals surface area contributed by atoms with Gasteiger partial charge in [0.25, 0.3) is 0 Å². The van der Waals surface area contributed by atoms with Crippen molar-refractivity contribution in [2.45, 2.75) is 19.8 Å². The minimum atomic E-state index is -0.379. The molecule has 1 saturated heterocycles. The van der Waals surface area contributed by atoms with E-state index in [1.54, 1.807) is 18.0 Å². The van der Waals surface area contributed by atoms with E-state index in [-0.39, 0.29) is 11.3 Å². The molecule has 19 heavy (non-hydrogen) atoms. The van der Waals surface area contributed by atoms with Crippen molar-refractivity contribution in [3.05, 3.63) is 29.8 Å². The van der Waals surface area contributed by atoms with Crippen LogP contribution in [0, 0.1) is 16.7 Å². The van der Waals surface area contributed by atoms with Crippen molar-refractivity contribution in [2.24, 2.45) is 5.41 Å². The third-order valence-electron chi connectivity index (χ3n) is 3.80. The number of para-hydroxylation sites is 1. The first kappa shape index (κ1) is 13.6.